The Kier molecular flexibility index (Phi) is 5.75. The van der Waals surface area contributed by atoms with Crippen LogP contribution in [0, 0.1) is 0 Å². The number of benzene rings is 1. The van der Waals surface area contributed by atoms with Gasteiger partial charge in [-0.3, -0.25) is 0 Å². The SMILES string of the molecule is C(OCC1CO1)C1CO1.OCc1ccc(CO)cc1. The van der Waals surface area contributed by atoms with E-state index in [0.29, 0.717) is 12.2 Å². The number of epoxide rings is 2. The molecule has 1 aromatic carbocycles. The highest BCUT2D eigenvalue weighted by atomic mass is 16.6. The van der Waals surface area contributed by atoms with Gasteiger partial charge in [-0.1, -0.05) is 24.3 Å². The summed E-state index contributed by atoms with van der Waals surface area (Å²) in [5, 5.41) is 17.3. The largest absolute Gasteiger partial charge is 0.392 e. The summed E-state index contributed by atoms with van der Waals surface area (Å²) in [7, 11) is 0. The van der Waals surface area contributed by atoms with Crippen LogP contribution in [0.25, 0.3) is 0 Å². The minimum atomic E-state index is 0.0612. The summed E-state index contributed by atoms with van der Waals surface area (Å²) in [6.07, 6.45) is 0.785. The fourth-order valence-corrected chi connectivity index (χ4v) is 1.41. The first kappa shape index (κ1) is 14.4. The molecule has 2 fully saturated rings. The third kappa shape index (κ3) is 6.13. The Morgan fingerprint density at radius 1 is 0.895 bits per heavy atom. The Balaban J connectivity index is 0.000000141. The van der Waals surface area contributed by atoms with E-state index in [9.17, 15) is 0 Å². The average molecular weight is 268 g/mol. The molecule has 5 heteroatoms. The molecule has 0 aromatic heterocycles. The molecule has 2 atom stereocenters. The lowest BCUT2D eigenvalue weighted by molar-refractivity contribution is 0.102. The number of aliphatic hydroxyl groups is 2. The molecule has 106 valence electrons. The van der Waals surface area contributed by atoms with Crippen molar-refractivity contribution >= 4 is 0 Å². The molecule has 0 amide bonds. The number of ether oxygens (including phenoxy) is 3. The number of hydrogen-bond donors (Lipinski definition) is 2. The fourth-order valence-electron chi connectivity index (χ4n) is 1.41. The molecule has 0 radical (unpaired) electrons. The van der Waals surface area contributed by atoms with E-state index >= 15 is 0 Å². The molecule has 1 aromatic rings. The lowest BCUT2D eigenvalue weighted by Gasteiger charge is -1.96. The molecular weight excluding hydrogens is 248 g/mol. The monoisotopic (exact) mass is 268 g/mol. The molecule has 0 bridgehead atoms. The van der Waals surface area contributed by atoms with E-state index in [-0.39, 0.29) is 13.2 Å². The van der Waals surface area contributed by atoms with Crippen molar-refractivity contribution in [2.75, 3.05) is 26.4 Å². The second kappa shape index (κ2) is 7.57. The zero-order valence-electron chi connectivity index (χ0n) is 10.8. The van der Waals surface area contributed by atoms with Gasteiger partial charge in [0.1, 0.15) is 12.2 Å². The van der Waals surface area contributed by atoms with Crippen molar-refractivity contribution in [1.82, 2.24) is 0 Å². The maximum absolute atomic E-state index is 8.64. The van der Waals surface area contributed by atoms with E-state index in [1.54, 1.807) is 24.3 Å². The first-order valence-electron chi connectivity index (χ1n) is 6.42. The number of aliphatic hydroxyl groups excluding tert-OH is 2. The molecule has 0 saturated carbocycles. The zero-order chi connectivity index (χ0) is 13.5. The van der Waals surface area contributed by atoms with Gasteiger partial charge in [0.05, 0.1) is 39.6 Å². The lowest BCUT2D eigenvalue weighted by atomic mass is 10.1. The number of hydrogen-bond acceptors (Lipinski definition) is 5. The summed E-state index contributed by atoms with van der Waals surface area (Å²) in [5.41, 5.74) is 1.74. The van der Waals surface area contributed by atoms with Crippen LogP contribution in [0.5, 0.6) is 0 Å². The van der Waals surface area contributed by atoms with E-state index < -0.39 is 0 Å². The summed E-state index contributed by atoms with van der Waals surface area (Å²) < 4.78 is 15.1. The van der Waals surface area contributed by atoms with Crippen molar-refractivity contribution in [3.05, 3.63) is 35.4 Å². The molecule has 19 heavy (non-hydrogen) atoms. The van der Waals surface area contributed by atoms with Gasteiger partial charge in [-0.05, 0) is 11.1 Å². The molecule has 0 aliphatic carbocycles. The van der Waals surface area contributed by atoms with Gasteiger partial charge >= 0.3 is 0 Å². The topological polar surface area (TPSA) is 74.8 Å². The van der Waals surface area contributed by atoms with Gasteiger partial charge in [-0.15, -0.1) is 0 Å². The van der Waals surface area contributed by atoms with Gasteiger partial charge in [0.15, 0.2) is 0 Å². The molecule has 2 heterocycles. The van der Waals surface area contributed by atoms with E-state index in [1.165, 1.54) is 0 Å². The quantitative estimate of drug-likeness (QED) is 0.734. The van der Waals surface area contributed by atoms with Crippen LogP contribution in [0.15, 0.2) is 24.3 Å². The smallest absolute Gasteiger partial charge is 0.104 e. The summed E-state index contributed by atoms with van der Waals surface area (Å²) in [5.74, 6) is 0. The van der Waals surface area contributed by atoms with Crippen molar-refractivity contribution < 1.29 is 24.4 Å². The van der Waals surface area contributed by atoms with Crippen LogP contribution in [0.2, 0.25) is 0 Å². The van der Waals surface area contributed by atoms with E-state index in [1.807, 2.05) is 0 Å². The van der Waals surface area contributed by atoms with Gasteiger partial charge in [0.2, 0.25) is 0 Å². The second-order valence-corrected chi connectivity index (χ2v) is 4.58. The first-order chi connectivity index (χ1) is 9.31. The molecule has 2 N–H and O–H groups in total. The lowest BCUT2D eigenvalue weighted by Crippen LogP contribution is -2.06. The van der Waals surface area contributed by atoms with Gasteiger partial charge in [-0.2, -0.15) is 0 Å². The van der Waals surface area contributed by atoms with Crippen LogP contribution >= 0.6 is 0 Å². The molecule has 2 unspecified atom stereocenters. The van der Waals surface area contributed by atoms with E-state index in [4.69, 9.17) is 24.4 Å². The van der Waals surface area contributed by atoms with E-state index in [2.05, 4.69) is 0 Å². The third-order valence-electron chi connectivity index (χ3n) is 2.80. The molecule has 2 aliphatic rings. The second-order valence-electron chi connectivity index (χ2n) is 4.58. The molecule has 3 rings (SSSR count). The van der Waals surface area contributed by atoms with Crippen LogP contribution < -0.4 is 0 Å². The molecule has 2 saturated heterocycles. The summed E-state index contributed by atoms with van der Waals surface area (Å²) >= 11 is 0. The van der Waals surface area contributed by atoms with Crippen LogP contribution in [0.1, 0.15) is 11.1 Å². The number of rotatable bonds is 6. The summed E-state index contributed by atoms with van der Waals surface area (Å²) in [4.78, 5) is 0. The van der Waals surface area contributed by atoms with E-state index in [0.717, 1.165) is 37.6 Å². The fraction of sp³-hybridized carbons (Fsp3) is 0.571. The molecule has 2 aliphatic heterocycles. The predicted molar refractivity (Wildman–Crippen MR) is 68.6 cm³/mol. The van der Waals surface area contributed by atoms with Crippen LogP contribution in [0.4, 0.5) is 0 Å². The summed E-state index contributed by atoms with van der Waals surface area (Å²) in [6.45, 7) is 3.38. The Morgan fingerprint density at radius 2 is 1.26 bits per heavy atom. The first-order valence-corrected chi connectivity index (χ1v) is 6.42. The van der Waals surface area contributed by atoms with Gasteiger partial charge in [0, 0.05) is 0 Å². The van der Waals surface area contributed by atoms with Crippen molar-refractivity contribution in [2.24, 2.45) is 0 Å². The third-order valence-corrected chi connectivity index (χ3v) is 2.80. The van der Waals surface area contributed by atoms with Crippen molar-refractivity contribution in [2.45, 2.75) is 25.4 Å². The average Bonchev–Trinajstić information content (AvgIpc) is 3.34. The van der Waals surface area contributed by atoms with Crippen LogP contribution in [-0.2, 0) is 27.4 Å². The minimum Gasteiger partial charge on any atom is -0.392 e. The Bertz CT molecular complexity index is 322. The maximum atomic E-state index is 8.64. The highest BCUT2D eigenvalue weighted by molar-refractivity contribution is 5.21. The maximum Gasteiger partial charge on any atom is 0.104 e. The Hall–Kier alpha value is -0.980. The van der Waals surface area contributed by atoms with Gasteiger partial charge < -0.3 is 24.4 Å². The predicted octanol–water partition coefficient (Wildman–Crippen LogP) is 0.472. The van der Waals surface area contributed by atoms with Gasteiger partial charge in [0.25, 0.3) is 0 Å². The highest BCUT2D eigenvalue weighted by Gasteiger charge is 2.26. The highest BCUT2D eigenvalue weighted by Crippen LogP contribution is 2.12. The van der Waals surface area contributed by atoms with Crippen molar-refractivity contribution in [3.63, 3.8) is 0 Å². The Morgan fingerprint density at radius 3 is 1.53 bits per heavy atom. The molecule has 0 spiro atoms. The van der Waals surface area contributed by atoms with Crippen molar-refractivity contribution in [1.29, 1.82) is 0 Å². The zero-order valence-corrected chi connectivity index (χ0v) is 10.8. The normalized spacial score (nSPS) is 23.5. The standard InChI is InChI=1S/C8H10O2.C6H10O3/c9-5-7-1-2-8(6-10)4-3-7;1(5-3-8-5)7-2-6-4-9-6/h1-4,9-10H,5-6H2;5-6H,1-4H2. The molecular formula is C14H20O5. The van der Waals surface area contributed by atoms with Gasteiger partial charge in [-0.25, -0.2) is 0 Å². The molecule has 5 nitrogen and oxygen atoms in total. The Labute approximate surface area is 112 Å². The van der Waals surface area contributed by atoms with Crippen molar-refractivity contribution in [3.8, 4) is 0 Å². The van der Waals surface area contributed by atoms with Crippen LogP contribution in [-0.4, -0.2) is 48.8 Å². The minimum absolute atomic E-state index is 0.0612. The van der Waals surface area contributed by atoms with Crippen LogP contribution in [0.3, 0.4) is 0 Å². The summed E-state index contributed by atoms with van der Waals surface area (Å²) in [6, 6.07) is 7.19.